The van der Waals surface area contributed by atoms with Gasteiger partial charge in [0.05, 0.1) is 5.41 Å². The number of fused-ring (bicyclic) bond motifs is 1. The van der Waals surface area contributed by atoms with Crippen LogP contribution in [-0.2, 0) is 10.2 Å². The van der Waals surface area contributed by atoms with Crippen molar-refractivity contribution < 1.29 is 4.79 Å². The van der Waals surface area contributed by atoms with Crippen LogP contribution in [0.3, 0.4) is 0 Å². The fourth-order valence-electron chi connectivity index (χ4n) is 2.37. The molecule has 2 rings (SSSR count). The van der Waals surface area contributed by atoms with Crippen molar-refractivity contribution in [2.24, 2.45) is 0 Å². The monoisotopic (exact) mass is 217 g/mol. The molecule has 2 nitrogen and oxygen atoms in total. The minimum Gasteiger partial charge on any atom is -0.306 e. The number of hydrogen-bond acceptors (Lipinski definition) is 1. The number of benzene rings is 1. The summed E-state index contributed by atoms with van der Waals surface area (Å²) in [5.74, 6) is 0.196. The van der Waals surface area contributed by atoms with Crippen LogP contribution in [0.15, 0.2) is 24.3 Å². The fourth-order valence-corrected chi connectivity index (χ4v) is 2.37. The summed E-state index contributed by atoms with van der Waals surface area (Å²) in [5.41, 5.74) is 1.63. The first-order valence-corrected chi connectivity index (χ1v) is 5.70. The topological polar surface area (TPSA) is 20.3 Å². The maximum absolute atomic E-state index is 12.5. The molecule has 0 spiro atoms. The minimum absolute atomic E-state index is 0.166. The second-order valence-electron chi connectivity index (χ2n) is 5.95. The maximum atomic E-state index is 12.5. The Hall–Kier alpha value is -1.31. The average molecular weight is 217 g/mol. The van der Waals surface area contributed by atoms with Gasteiger partial charge >= 0.3 is 0 Å². The van der Waals surface area contributed by atoms with Crippen molar-refractivity contribution in [1.82, 2.24) is 0 Å². The molecule has 1 heterocycles. The Kier molecular flexibility index (Phi) is 2.16. The molecule has 2 heteroatoms. The van der Waals surface area contributed by atoms with Gasteiger partial charge in [-0.15, -0.1) is 0 Å². The van der Waals surface area contributed by atoms with Crippen molar-refractivity contribution in [3.05, 3.63) is 29.8 Å². The number of carbonyl (C=O) groups is 1. The first-order chi connectivity index (χ1) is 7.26. The summed E-state index contributed by atoms with van der Waals surface area (Å²) in [5, 5.41) is 0. The Labute approximate surface area is 97.3 Å². The molecule has 0 fully saturated rings. The van der Waals surface area contributed by atoms with Crippen molar-refractivity contribution in [3.63, 3.8) is 0 Å². The Bertz CT molecular complexity index is 440. The molecule has 86 valence electrons. The summed E-state index contributed by atoms with van der Waals surface area (Å²) in [6.45, 7) is 10.2. The maximum Gasteiger partial charge on any atom is 0.237 e. The predicted octanol–water partition coefficient (Wildman–Crippen LogP) is 3.11. The van der Waals surface area contributed by atoms with Gasteiger partial charge in [0.2, 0.25) is 5.91 Å². The molecule has 0 atom stereocenters. The van der Waals surface area contributed by atoms with E-state index in [2.05, 4.69) is 26.8 Å². The Morgan fingerprint density at radius 3 is 2.25 bits per heavy atom. The summed E-state index contributed by atoms with van der Waals surface area (Å²) >= 11 is 0. The van der Waals surface area contributed by atoms with E-state index >= 15 is 0 Å². The normalized spacial score (nSPS) is 18.8. The average Bonchev–Trinajstić information content (AvgIpc) is 2.35. The fraction of sp³-hybridized carbons (Fsp3) is 0.500. The number of hydrogen-bond donors (Lipinski definition) is 0. The quantitative estimate of drug-likeness (QED) is 0.654. The van der Waals surface area contributed by atoms with Crippen LogP contribution in [0, 0.1) is 0 Å². The molecule has 0 N–H and O–H groups in total. The van der Waals surface area contributed by atoms with Crippen molar-refractivity contribution in [3.8, 4) is 0 Å². The lowest BCUT2D eigenvalue weighted by atomic mass is 9.86. The third-order valence-corrected chi connectivity index (χ3v) is 3.23. The van der Waals surface area contributed by atoms with Gasteiger partial charge < -0.3 is 4.90 Å². The van der Waals surface area contributed by atoms with E-state index in [1.54, 1.807) is 0 Å². The van der Waals surface area contributed by atoms with Gasteiger partial charge in [-0.1, -0.05) is 18.2 Å². The SMILES string of the molecule is CC1(C)C(=O)N(C(C)(C)C)c2ccccc21. The van der Waals surface area contributed by atoms with E-state index in [-0.39, 0.29) is 11.4 Å². The number of para-hydroxylation sites is 1. The lowest BCUT2D eigenvalue weighted by Gasteiger charge is -2.33. The highest BCUT2D eigenvalue weighted by Gasteiger charge is 2.47. The van der Waals surface area contributed by atoms with E-state index in [1.807, 2.05) is 36.9 Å². The molecular formula is C14H19NO. The van der Waals surface area contributed by atoms with E-state index in [0.29, 0.717) is 0 Å². The molecule has 1 aromatic carbocycles. The second-order valence-corrected chi connectivity index (χ2v) is 5.95. The summed E-state index contributed by atoms with van der Waals surface area (Å²) in [6, 6.07) is 8.08. The highest BCUT2D eigenvalue weighted by Crippen LogP contribution is 2.44. The van der Waals surface area contributed by atoms with Crippen LogP contribution in [0.25, 0.3) is 0 Å². The van der Waals surface area contributed by atoms with Gasteiger partial charge in [0.1, 0.15) is 0 Å². The molecule has 1 amide bonds. The number of nitrogens with zero attached hydrogens (tertiary/aromatic N) is 1. The molecule has 0 saturated heterocycles. The largest absolute Gasteiger partial charge is 0.306 e. The number of carbonyl (C=O) groups excluding carboxylic acids is 1. The van der Waals surface area contributed by atoms with Gasteiger partial charge in [0.25, 0.3) is 0 Å². The smallest absolute Gasteiger partial charge is 0.237 e. The lowest BCUT2D eigenvalue weighted by molar-refractivity contribution is -0.123. The molecule has 1 aromatic rings. The molecule has 0 radical (unpaired) electrons. The zero-order valence-corrected chi connectivity index (χ0v) is 10.7. The zero-order valence-electron chi connectivity index (χ0n) is 10.7. The first kappa shape index (κ1) is 11.2. The third-order valence-electron chi connectivity index (χ3n) is 3.23. The Balaban J connectivity index is 2.65. The summed E-state index contributed by atoms with van der Waals surface area (Å²) < 4.78 is 0. The number of amides is 1. The standard InChI is InChI=1S/C14H19NO/c1-13(2,3)15-11-9-7-6-8-10(11)14(4,5)12(15)16/h6-9H,1-5H3. The summed E-state index contributed by atoms with van der Waals surface area (Å²) in [7, 11) is 0. The van der Waals surface area contributed by atoms with Crippen LogP contribution in [0.5, 0.6) is 0 Å². The molecule has 0 aliphatic carbocycles. The van der Waals surface area contributed by atoms with E-state index in [9.17, 15) is 4.79 Å². The van der Waals surface area contributed by atoms with Gasteiger partial charge in [-0.2, -0.15) is 0 Å². The van der Waals surface area contributed by atoms with Crippen molar-refractivity contribution in [2.75, 3.05) is 4.90 Å². The molecule has 1 aliphatic rings. The van der Waals surface area contributed by atoms with E-state index in [4.69, 9.17) is 0 Å². The predicted molar refractivity (Wildman–Crippen MR) is 66.7 cm³/mol. The lowest BCUT2D eigenvalue weighted by Crippen LogP contribution is -2.47. The van der Waals surface area contributed by atoms with E-state index in [0.717, 1.165) is 11.3 Å². The second kappa shape index (κ2) is 3.09. The zero-order chi connectivity index (χ0) is 12.1. The van der Waals surface area contributed by atoms with Gasteiger partial charge in [-0.25, -0.2) is 0 Å². The van der Waals surface area contributed by atoms with Crippen LogP contribution in [0.4, 0.5) is 5.69 Å². The van der Waals surface area contributed by atoms with Gasteiger partial charge in [-0.3, -0.25) is 4.79 Å². The molecule has 16 heavy (non-hydrogen) atoms. The van der Waals surface area contributed by atoms with E-state index in [1.165, 1.54) is 0 Å². The number of rotatable bonds is 0. The van der Waals surface area contributed by atoms with Crippen LogP contribution >= 0.6 is 0 Å². The van der Waals surface area contributed by atoms with E-state index < -0.39 is 5.41 Å². The van der Waals surface area contributed by atoms with Crippen LogP contribution in [0.1, 0.15) is 40.2 Å². The molecule has 0 saturated carbocycles. The highest BCUT2D eigenvalue weighted by molar-refractivity contribution is 6.08. The number of anilines is 1. The van der Waals surface area contributed by atoms with Crippen LogP contribution in [-0.4, -0.2) is 11.4 Å². The van der Waals surface area contributed by atoms with Crippen molar-refractivity contribution >= 4 is 11.6 Å². The molecule has 0 unspecified atom stereocenters. The van der Waals surface area contributed by atoms with Crippen molar-refractivity contribution in [1.29, 1.82) is 0 Å². The van der Waals surface area contributed by atoms with Gasteiger partial charge in [0.15, 0.2) is 0 Å². The third kappa shape index (κ3) is 1.36. The Morgan fingerprint density at radius 1 is 1.12 bits per heavy atom. The molecule has 0 aromatic heterocycles. The first-order valence-electron chi connectivity index (χ1n) is 5.70. The summed E-state index contributed by atoms with van der Waals surface area (Å²) in [6.07, 6.45) is 0. The Morgan fingerprint density at radius 2 is 1.69 bits per heavy atom. The van der Waals surface area contributed by atoms with Crippen LogP contribution < -0.4 is 4.90 Å². The molecule has 1 aliphatic heterocycles. The molecular weight excluding hydrogens is 198 g/mol. The van der Waals surface area contributed by atoms with Crippen molar-refractivity contribution in [2.45, 2.75) is 45.6 Å². The van der Waals surface area contributed by atoms with Gasteiger partial charge in [0, 0.05) is 11.2 Å². The van der Waals surface area contributed by atoms with Gasteiger partial charge in [-0.05, 0) is 46.2 Å². The highest BCUT2D eigenvalue weighted by atomic mass is 16.2. The minimum atomic E-state index is -0.399. The molecule has 0 bridgehead atoms. The van der Waals surface area contributed by atoms with Crippen LogP contribution in [0.2, 0.25) is 0 Å². The summed E-state index contributed by atoms with van der Waals surface area (Å²) in [4.78, 5) is 14.4.